The maximum Gasteiger partial charge on any atom is 0.237 e. The average molecular weight is 224 g/mol. The van der Waals surface area contributed by atoms with Gasteiger partial charge in [-0.2, -0.15) is 0 Å². The number of carbonyl (C=O) groups excluding carboxylic acids is 2. The van der Waals surface area contributed by atoms with Crippen molar-refractivity contribution in [2.45, 2.75) is 32.4 Å². The summed E-state index contributed by atoms with van der Waals surface area (Å²) in [5, 5.41) is 2.54. The molecule has 1 aromatic heterocycles. The molecule has 16 heavy (non-hydrogen) atoms. The Hall–Kier alpha value is -1.69. The number of imidazole rings is 1. The normalized spacial score (nSPS) is 14.2. The van der Waals surface area contributed by atoms with Crippen molar-refractivity contribution in [2.24, 2.45) is 5.73 Å². The molecule has 6 nitrogen and oxygen atoms in total. The molecule has 0 saturated carbocycles. The molecule has 0 aliphatic carbocycles. The van der Waals surface area contributed by atoms with E-state index in [2.05, 4.69) is 15.3 Å². The van der Waals surface area contributed by atoms with Gasteiger partial charge in [0.2, 0.25) is 5.91 Å². The number of amides is 1. The monoisotopic (exact) mass is 224 g/mol. The zero-order valence-electron chi connectivity index (χ0n) is 9.36. The Morgan fingerprint density at radius 2 is 2.31 bits per heavy atom. The molecule has 0 bridgehead atoms. The van der Waals surface area contributed by atoms with Gasteiger partial charge in [0.1, 0.15) is 0 Å². The number of nitrogens with one attached hydrogen (secondary N) is 2. The topological polar surface area (TPSA) is 101 Å². The van der Waals surface area contributed by atoms with Gasteiger partial charge in [-0.15, -0.1) is 0 Å². The molecule has 1 amide bonds. The van der Waals surface area contributed by atoms with Gasteiger partial charge >= 0.3 is 0 Å². The van der Waals surface area contributed by atoms with Crippen molar-refractivity contribution in [2.75, 3.05) is 0 Å². The Kier molecular flexibility index (Phi) is 4.19. The summed E-state index contributed by atoms with van der Waals surface area (Å²) in [7, 11) is 0. The van der Waals surface area contributed by atoms with Crippen molar-refractivity contribution < 1.29 is 9.59 Å². The second-order valence-electron chi connectivity index (χ2n) is 3.73. The zero-order valence-corrected chi connectivity index (χ0v) is 9.36. The lowest BCUT2D eigenvalue weighted by Gasteiger charge is -2.14. The Bertz CT molecular complexity index is 361. The third-order valence-corrected chi connectivity index (χ3v) is 2.30. The van der Waals surface area contributed by atoms with Gasteiger partial charge in [0.05, 0.1) is 18.4 Å². The van der Waals surface area contributed by atoms with Crippen LogP contribution >= 0.6 is 0 Å². The lowest BCUT2D eigenvalue weighted by atomic mass is 10.1. The smallest absolute Gasteiger partial charge is 0.237 e. The van der Waals surface area contributed by atoms with E-state index in [0.717, 1.165) is 5.69 Å². The minimum atomic E-state index is -0.678. The molecule has 6 heteroatoms. The van der Waals surface area contributed by atoms with Gasteiger partial charge in [-0.1, -0.05) is 0 Å². The highest BCUT2D eigenvalue weighted by molar-refractivity contribution is 5.89. The molecule has 4 N–H and O–H groups in total. The quantitative estimate of drug-likeness (QED) is 0.620. The highest BCUT2D eigenvalue weighted by Crippen LogP contribution is 1.97. The second kappa shape index (κ2) is 5.41. The first-order valence-corrected chi connectivity index (χ1v) is 5.04. The lowest BCUT2D eigenvalue weighted by Crippen LogP contribution is -2.47. The standard InChI is InChI=1S/C10H16N4O2/c1-6(7(2)15)14-10(16)9(11)3-8-4-12-5-13-8/h4-6,9H,3,11H2,1-2H3,(H,12,13)(H,14,16)/t6-,9-/m0/s1. The lowest BCUT2D eigenvalue weighted by molar-refractivity contribution is -0.127. The van der Waals surface area contributed by atoms with Gasteiger partial charge < -0.3 is 16.0 Å². The molecular weight excluding hydrogens is 208 g/mol. The van der Waals surface area contributed by atoms with Crippen molar-refractivity contribution in [1.29, 1.82) is 0 Å². The molecule has 1 aromatic rings. The molecule has 88 valence electrons. The first-order valence-electron chi connectivity index (χ1n) is 5.04. The predicted molar refractivity (Wildman–Crippen MR) is 58.6 cm³/mol. The van der Waals surface area contributed by atoms with E-state index in [-0.39, 0.29) is 11.7 Å². The highest BCUT2D eigenvalue weighted by Gasteiger charge is 2.18. The summed E-state index contributed by atoms with van der Waals surface area (Å²) >= 11 is 0. The number of rotatable bonds is 5. The fraction of sp³-hybridized carbons (Fsp3) is 0.500. The van der Waals surface area contributed by atoms with E-state index in [4.69, 9.17) is 5.73 Å². The summed E-state index contributed by atoms with van der Waals surface area (Å²) in [6.45, 7) is 3.05. The third-order valence-electron chi connectivity index (χ3n) is 2.30. The van der Waals surface area contributed by atoms with E-state index >= 15 is 0 Å². The Labute approximate surface area is 93.6 Å². The Morgan fingerprint density at radius 1 is 1.62 bits per heavy atom. The van der Waals surface area contributed by atoms with Crippen molar-refractivity contribution in [3.8, 4) is 0 Å². The third kappa shape index (κ3) is 3.47. The summed E-state index contributed by atoms with van der Waals surface area (Å²) in [5.74, 6) is -0.431. The van der Waals surface area contributed by atoms with Crippen molar-refractivity contribution in [3.63, 3.8) is 0 Å². The number of Topliss-reactive ketones (excluding diaryl/α,β-unsaturated/α-hetero) is 1. The summed E-state index contributed by atoms with van der Waals surface area (Å²) < 4.78 is 0. The highest BCUT2D eigenvalue weighted by atomic mass is 16.2. The van der Waals surface area contributed by atoms with Crippen molar-refractivity contribution >= 4 is 11.7 Å². The van der Waals surface area contributed by atoms with Crippen LogP contribution in [0.1, 0.15) is 19.5 Å². The second-order valence-corrected chi connectivity index (χ2v) is 3.73. The van der Waals surface area contributed by atoms with Gasteiger partial charge in [-0.3, -0.25) is 9.59 Å². The van der Waals surface area contributed by atoms with Crippen LogP contribution in [0, 0.1) is 0 Å². The van der Waals surface area contributed by atoms with Crippen LogP contribution in [-0.2, 0) is 16.0 Å². The number of carbonyl (C=O) groups is 2. The van der Waals surface area contributed by atoms with Crippen LogP contribution in [0.2, 0.25) is 0 Å². The molecule has 0 fully saturated rings. The van der Waals surface area contributed by atoms with Crippen LogP contribution in [0.5, 0.6) is 0 Å². The molecule has 0 saturated heterocycles. The zero-order chi connectivity index (χ0) is 12.1. The van der Waals surface area contributed by atoms with E-state index in [0.29, 0.717) is 6.42 Å². The molecule has 0 aromatic carbocycles. The minimum Gasteiger partial charge on any atom is -0.348 e. The number of nitrogens with zero attached hydrogens (tertiary/aromatic N) is 1. The Balaban J connectivity index is 2.45. The predicted octanol–water partition coefficient (Wildman–Crippen LogP) is -0.627. The summed E-state index contributed by atoms with van der Waals surface area (Å²) in [5.41, 5.74) is 6.48. The number of H-pyrrole nitrogens is 1. The minimum absolute atomic E-state index is 0.0953. The van der Waals surface area contributed by atoms with Crippen molar-refractivity contribution in [3.05, 3.63) is 18.2 Å². The molecule has 0 aliphatic rings. The SMILES string of the molecule is CC(=O)[C@H](C)NC(=O)[C@@H](N)Cc1cnc[nH]1. The van der Waals surface area contributed by atoms with Crippen LogP contribution in [0.15, 0.2) is 12.5 Å². The van der Waals surface area contributed by atoms with Gasteiger partial charge in [0.15, 0.2) is 5.78 Å². The number of aromatic nitrogens is 2. The molecule has 2 atom stereocenters. The summed E-state index contributed by atoms with van der Waals surface area (Å²) in [6, 6.07) is -1.18. The van der Waals surface area contributed by atoms with E-state index in [1.165, 1.54) is 13.3 Å². The average Bonchev–Trinajstić information content (AvgIpc) is 2.69. The molecule has 1 heterocycles. The molecule has 0 radical (unpaired) electrons. The number of ketones is 1. The maximum atomic E-state index is 11.6. The molecule has 1 rings (SSSR count). The number of aromatic amines is 1. The van der Waals surface area contributed by atoms with Gasteiger partial charge in [0, 0.05) is 18.3 Å². The number of hydrogen-bond donors (Lipinski definition) is 3. The first kappa shape index (κ1) is 12.4. The van der Waals surface area contributed by atoms with Crippen LogP contribution in [0.25, 0.3) is 0 Å². The first-order chi connectivity index (χ1) is 7.50. The van der Waals surface area contributed by atoms with E-state index in [1.54, 1.807) is 13.1 Å². The molecular formula is C10H16N4O2. The van der Waals surface area contributed by atoms with E-state index < -0.39 is 12.1 Å². The number of nitrogens with two attached hydrogens (primary N) is 1. The summed E-state index contributed by atoms with van der Waals surface area (Å²) in [4.78, 5) is 29.2. The van der Waals surface area contributed by atoms with Crippen molar-refractivity contribution in [1.82, 2.24) is 15.3 Å². The fourth-order valence-corrected chi connectivity index (χ4v) is 1.15. The van der Waals surface area contributed by atoms with Gasteiger partial charge in [-0.25, -0.2) is 4.98 Å². The maximum absolute atomic E-state index is 11.6. The molecule has 0 unspecified atom stereocenters. The van der Waals surface area contributed by atoms with Gasteiger partial charge in [-0.05, 0) is 13.8 Å². The Morgan fingerprint density at radius 3 is 2.81 bits per heavy atom. The van der Waals surface area contributed by atoms with Gasteiger partial charge in [0.25, 0.3) is 0 Å². The number of hydrogen-bond acceptors (Lipinski definition) is 4. The van der Waals surface area contributed by atoms with Crippen LogP contribution in [0.4, 0.5) is 0 Å². The fourth-order valence-electron chi connectivity index (χ4n) is 1.15. The van der Waals surface area contributed by atoms with Crippen LogP contribution in [-0.4, -0.2) is 33.7 Å². The molecule has 0 aliphatic heterocycles. The largest absolute Gasteiger partial charge is 0.348 e. The molecule has 0 spiro atoms. The van der Waals surface area contributed by atoms with Crippen LogP contribution in [0.3, 0.4) is 0 Å². The van der Waals surface area contributed by atoms with Crippen LogP contribution < -0.4 is 11.1 Å². The van der Waals surface area contributed by atoms with E-state index in [1.807, 2.05) is 0 Å². The summed E-state index contributed by atoms with van der Waals surface area (Å²) in [6.07, 6.45) is 3.51. The van der Waals surface area contributed by atoms with E-state index in [9.17, 15) is 9.59 Å².